The van der Waals surface area contributed by atoms with Crippen molar-refractivity contribution in [1.82, 2.24) is 15.0 Å². The molecule has 0 aliphatic carbocycles. The molecule has 0 amide bonds. The normalized spacial score (nSPS) is 12.8. The topological polar surface area (TPSA) is 51.8 Å². The lowest BCUT2D eigenvalue weighted by Gasteiger charge is -2.13. The first kappa shape index (κ1) is 33.7. The summed E-state index contributed by atoms with van der Waals surface area (Å²) in [6, 6.07) is 65.2. The Morgan fingerprint density at radius 3 is 1.54 bits per heavy atom. The highest BCUT2D eigenvalue weighted by atomic mass is 32.1. The lowest BCUT2D eigenvalue weighted by atomic mass is 9.95. The zero-order valence-corrected chi connectivity index (χ0v) is 37.0. The molecule has 13 aromatic rings. The minimum absolute atomic E-state index is 0.0322. The molecule has 3 aromatic heterocycles. The number of nitrogens with zero attached hydrogens (tertiary/aromatic N) is 3. The van der Waals surface area contributed by atoms with E-state index >= 15 is 0 Å². The second kappa shape index (κ2) is 16.6. The lowest BCUT2D eigenvalue weighted by molar-refractivity contribution is 0.669. The third-order valence-corrected chi connectivity index (χ3v) is 13.5. The fourth-order valence-corrected chi connectivity index (χ4v) is 10.1. The minimum Gasteiger partial charge on any atom is -0.456 e. The van der Waals surface area contributed by atoms with Gasteiger partial charge in [-0.3, -0.25) is 0 Å². The van der Waals surface area contributed by atoms with Gasteiger partial charge in [0.1, 0.15) is 11.2 Å². The van der Waals surface area contributed by atoms with Crippen LogP contribution in [0.3, 0.4) is 0 Å². The summed E-state index contributed by atoms with van der Waals surface area (Å²) in [5, 5.41) is 2.47. The van der Waals surface area contributed by atoms with Gasteiger partial charge in [-0.05, 0) is 110 Å². The lowest BCUT2D eigenvalue weighted by Crippen LogP contribution is -2.00. The number of para-hydroxylation sites is 1. The average molecular weight is 892 g/mol. The largest absolute Gasteiger partial charge is 0.456 e. The van der Waals surface area contributed by atoms with Gasteiger partial charge in [-0.15, -0.1) is 11.3 Å². The van der Waals surface area contributed by atoms with Crippen molar-refractivity contribution in [3.8, 4) is 89.8 Å². The highest BCUT2D eigenvalue weighted by Gasteiger charge is 2.18. The SMILES string of the molecule is [2H]c1c([2H])c(-c2ccc3c(c2)oc2ccccc23)c2c(sc3c([2H])c(-c4nc(-c5ccc(-c6cccc(-c7ccccc7)c6)cc5)nc(-c5cc(-c6ccccc6)cc(-c6ccccc6)c5)n4)c([2H])c([2H])c32)c1[2H]. The molecule has 0 aliphatic rings. The molecule has 0 N–H and O–H groups in total. The van der Waals surface area contributed by atoms with Crippen LogP contribution < -0.4 is 0 Å². The summed E-state index contributed by atoms with van der Waals surface area (Å²) >= 11 is 1.11. The Kier molecular flexibility index (Phi) is 8.21. The molecular formula is C63H39N3OS. The number of aromatic nitrogens is 3. The Hall–Kier alpha value is -8.77. The van der Waals surface area contributed by atoms with Gasteiger partial charge in [0.15, 0.2) is 17.5 Å². The summed E-state index contributed by atoms with van der Waals surface area (Å²) < 4.78 is 63.8. The van der Waals surface area contributed by atoms with Crippen LogP contribution in [0.2, 0.25) is 0 Å². The Morgan fingerprint density at radius 1 is 0.338 bits per heavy atom. The minimum atomic E-state index is -0.284. The van der Waals surface area contributed by atoms with E-state index in [1.807, 2.05) is 133 Å². The van der Waals surface area contributed by atoms with Crippen molar-refractivity contribution in [2.45, 2.75) is 0 Å². The van der Waals surface area contributed by atoms with E-state index in [1.165, 1.54) is 0 Å². The third kappa shape index (κ3) is 7.23. The predicted octanol–water partition coefficient (Wildman–Crippen LogP) is 17.5. The van der Waals surface area contributed by atoms with Crippen LogP contribution in [0, 0.1) is 0 Å². The first-order chi connectivity index (χ1) is 36.2. The number of benzene rings is 10. The molecular weight excluding hydrogens is 847 g/mol. The first-order valence-electron chi connectivity index (χ1n) is 25.3. The molecule has 0 spiro atoms. The Labute approximate surface area is 405 Å². The van der Waals surface area contributed by atoms with Crippen LogP contribution in [0.15, 0.2) is 241 Å². The molecule has 0 radical (unpaired) electrons. The van der Waals surface area contributed by atoms with Crippen LogP contribution in [0.5, 0.6) is 0 Å². The predicted molar refractivity (Wildman–Crippen MR) is 283 cm³/mol. The molecule has 4 nitrogen and oxygen atoms in total. The van der Waals surface area contributed by atoms with E-state index in [2.05, 4.69) is 66.7 Å². The highest BCUT2D eigenvalue weighted by molar-refractivity contribution is 7.26. The summed E-state index contributed by atoms with van der Waals surface area (Å²) in [5.41, 5.74) is 11.8. The molecule has 0 aliphatic heterocycles. The number of furan rings is 1. The summed E-state index contributed by atoms with van der Waals surface area (Å²) in [5.74, 6) is 0.677. The van der Waals surface area contributed by atoms with Gasteiger partial charge in [-0.25, -0.2) is 15.0 Å². The zero-order valence-electron chi connectivity index (χ0n) is 42.2. The van der Waals surface area contributed by atoms with E-state index in [0.29, 0.717) is 59.9 Å². The summed E-state index contributed by atoms with van der Waals surface area (Å²) in [6.45, 7) is 0. The first-order valence-corrected chi connectivity index (χ1v) is 23.1. The van der Waals surface area contributed by atoms with Crippen molar-refractivity contribution in [2.24, 2.45) is 0 Å². The van der Waals surface area contributed by atoms with E-state index in [-0.39, 0.29) is 53.0 Å². The molecule has 10 aromatic carbocycles. The Morgan fingerprint density at radius 2 is 0.853 bits per heavy atom. The van der Waals surface area contributed by atoms with Gasteiger partial charge in [0.05, 0.1) is 8.22 Å². The van der Waals surface area contributed by atoms with E-state index in [4.69, 9.17) is 22.1 Å². The molecule has 13 rings (SSSR count). The fraction of sp³-hybridized carbons (Fsp3) is 0. The smallest absolute Gasteiger partial charge is 0.164 e. The molecule has 0 fully saturated rings. The monoisotopic (exact) mass is 891 g/mol. The van der Waals surface area contributed by atoms with Crippen LogP contribution in [0.1, 0.15) is 8.22 Å². The maximum atomic E-state index is 9.95. The van der Waals surface area contributed by atoms with Crippen LogP contribution in [-0.4, -0.2) is 15.0 Å². The molecule has 3 heterocycles. The van der Waals surface area contributed by atoms with Crippen LogP contribution in [0.25, 0.3) is 132 Å². The summed E-state index contributed by atoms with van der Waals surface area (Å²) in [6.07, 6.45) is 0. The van der Waals surface area contributed by atoms with Crippen molar-refractivity contribution >= 4 is 53.4 Å². The molecule has 0 saturated carbocycles. The Bertz CT molecular complexity index is 4310. The maximum absolute atomic E-state index is 9.95. The zero-order chi connectivity index (χ0) is 50.2. The number of thiophene rings is 1. The Balaban J connectivity index is 1.02. The van der Waals surface area contributed by atoms with Crippen molar-refractivity contribution in [1.29, 1.82) is 0 Å². The van der Waals surface area contributed by atoms with E-state index in [1.54, 1.807) is 0 Å². The van der Waals surface area contributed by atoms with Crippen molar-refractivity contribution in [3.63, 3.8) is 0 Å². The highest BCUT2D eigenvalue weighted by Crippen LogP contribution is 2.43. The van der Waals surface area contributed by atoms with E-state index in [9.17, 15) is 5.48 Å². The second-order valence-electron chi connectivity index (χ2n) is 16.7. The van der Waals surface area contributed by atoms with Crippen LogP contribution >= 0.6 is 11.3 Å². The molecule has 68 heavy (non-hydrogen) atoms. The van der Waals surface area contributed by atoms with Gasteiger partial charge < -0.3 is 4.42 Å². The quantitative estimate of drug-likeness (QED) is 0.152. The van der Waals surface area contributed by atoms with E-state index < -0.39 is 0 Å². The van der Waals surface area contributed by atoms with Crippen molar-refractivity contribution < 1.29 is 12.6 Å². The van der Waals surface area contributed by atoms with Crippen molar-refractivity contribution in [2.75, 3.05) is 0 Å². The molecule has 0 saturated heterocycles. The van der Waals surface area contributed by atoms with Crippen molar-refractivity contribution in [3.05, 3.63) is 236 Å². The number of fused-ring (bicyclic) bond motifs is 6. The van der Waals surface area contributed by atoms with Gasteiger partial charge in [0.2, 0.25) is 0 Å². The number of rotatable bonds is 8. The molecule has 0 unspecified atom stereocenters. The van der Waals surface area contributed by atoms with Crippen LogP contribution in [-0.2, 0) is 0 Å². The molecule has 0 atom stereocenters. The van der Waals surface area contributed by atoms with Gasteiger partial charge >= 0.3 is 0 Å². The number of hydrogen-bond acceptors (Lipinski definition) is 5. The molecule has 5 heteroatoms. The van der Waals surface area contributed by atoms with Crippen LogP contribution in [0.4, 0.5) is 0 Å². The standard InChI is InChI=1S/C63H39N3OS/c1-4-14-40(15-5-1)45-20-12-21-46(34-45)43-26-28-44(29-27-43)61-64-62(66-63(65-61)51-36-49(41-16-6-2-7-17-41)35-50(37-51)42-18-8-3-9-19-42)48-31-33-55-59(39-48)68-58-25-13-23-52(60(55)58)47-30-32-54-53-22-10-11-24-56(53)67-57(54)38-47/h1-39H/i13D,23D,25D,31D,33D,39D. The van der Waals surface area contributed by atoms with Gasteiger partial charge in [-0.1, -0.05) is 182 Å². The molecule has 0 bridgehead atoms. The van der Waals surface area contributed by atoms with Gasteiger partial charge in [0, 0.05) is 47.6 Å². The third-order valence-electron chi connectivity index (χ3n) is 12.5. The fourth-order valence-electron chi connectivity index (χ4n) is 9.08. The second-order valence-corrected chi connectivity index (χ2v) is 17.7. The summed E-state index contributed by atoms with van der Waals surface area (Å²) in [7, 11) is 0. The number of hydrogen-bond donors (Lipinski definition) is 0. The van der Waals surface area contributed by atoms with Gasteiger partial charge in [-0.2, -0.15) is 0 Å². The molecule has 318 valence electrons. The van der Waals surface area contributed by atoms with E-state index in [0.717, 1.165) is 66.6 Å². The summed E-state index contributed by atoms with van der Waals surface area (Å²) in [4.78, 5) is 15.3. The van der Waals surface area contributed by atoms with Gasteiger partial charge in [0.25, 0.3) is 0 Å². The maximum Gasteiger partial charge on any atom is 0.164 e. The average Bonchev–Trinajstić information content (AvgIpc) is 4.05.